The molecule has 1 fully saturated rings. The highest BCUT2D eigenvalue weighted by Crippen LogP contribution is 2.43. The third-order valence-corrected chi connectivity index (χ3v) is 4.13. The molecule has 2 rings (SSSR count). The summed E-state index contributed by atoms with van der Waals surface area (Å²) in [6, 6.07) is 5.28. The first-order chi connectivity index (χ1) is 8.13. The second-order valence-electron chi connectivity index (χ2n) is 4.47. The Hall–Kier alpha value is -0.870. The molecule has 0 amide bonds. The van der Waals surface area contributed by atoms with Crippen LogP contribution in [-0.4, -0.2) is 24.6 Å². The number of aliphatic hydroxyl groups excluding tert-OH is 1. The minimum Gasteiger partial charge on any atom is -0.496 e. The lowest BCUT2D eigenvalue weighted by atomic mass is 9.65. The van der Waals surface area contributed by atoms with Gasteiger partial charge >= 0.3 is 0 Å². The van der Waals surface area contributed by atoms with Gasteiger partial charge < -0.3 is 9.84 Å². The lowest BCUT2D eigenvalue weighted by Gasteiger charge is -2.38. The highest BCUT2D eigenvalue weighted by Gasteiger charge is 2.43. The van der Waals surface area contributed by atoms with Gasteiger partial charge in [-0.1, -0.05) is 6.42 Å². The van der Waals surface area contributed by atoms with E-state index in [1.807, 2.05) is 0 Å². The third kappa shape index (κ3) is 2.11. The maximum Gasteiger partial charge on any atom is 0.171 e. The Morgan fingerprint density at radius 2 is 2.24 bits per heavy atom. The summed E-state index contributed by atoms with van der Waals surface area (Å²) in [5.41, 5.74) is 0.0972. The number of carbonyl (C=O) groups is 1. The van der Waals surface area contributed by atoms with Gasteiger partial charge in [0.05, 0.1) is 23.6 Å². The van der Waals surface area contributed by atoms with Crippen LogP contribution >= 0.6 is 15.9 Å². The second-order valence-corrected chi connectivity index (χ2v) is 5.32. The van der Waals surface area contributed by atoms with Crippen LogP contribution in [0.1, 0.15) is 29.6 Å². The molecule has 0 unspecified atom stereocenters. The molecular formula is C13H15BrO3. The van der Waals surface area contributed by atoms with Gasteiger partial charge in [0.25, 0.3) is 0 Å². The van der Waals surface area contributed by atoms with Gasteiger partial charge in [0.15, 0.2) is 5.78 Å². The Morgan fingerprint density at radius 3 is 2.65 bits per heavy atom. The van der Waals surface area contributed by atoms with E-state index in [-0.39, 0.29) is 12.4 Å². The fourth-order valence-corrected chi connectivity index (χ4v) is 2.72. The van der Waals surface area contributed by atoms with Crippen molar-refractivity contribution in [2.75, 3.05) is 13.7 Å². The fourth-order valence-electron chi connectivity index (χ4n) is 2.17. The van der Waals surface area contributed by atoms with Crippen molar-refractivity contribution in [3.05, 3.63) is 28.2 Å². The first kappa shape index (κ1) is 12.6. The standard InChI is InChI=1S/C13H15BrO3/c1-17-11-4-3-9(7-10(11)14)12(16)13(8-15)5-2-6-13/h3-4,7,15H,2,5-6,8H2,1H3. The number of methoxy groups -OCH3 is 1. The van der Waals surface area contributed by atoms with Crippen molar-refractivity contribution in [3.8, 4) is 5.75 Å². The van der Waals surface area contributed by atoms with Gasteiger partial charge in [-0.05, 0) is 47.0 Å². The number of ether oxygens (including phenoxy) is 1. The van der Waals surface area contributed by atoms with Crippen LogP contribution in [0.2, 0.25) is 0 Å². The maximum atomic E-state index is 12.3. The molecule has 3 nitrogen and oxygen atoms in total. The van der Waals surface area contributed by atoms with Gasteiger partial charge in [-0.15, -0.1) is 0 Å². The third-order valence-electron chi connectivity index (χ3n) is 3.51. The van der Waals surface area contributed by atoms with Gasteiger partial charge in [-0.25, -0.2) is 0 Å². The van der Waals surface area contributed by atoms with Crippen molar-refractivity contribution in [3.63, 3.8) is 0 Å². The van der Waals surface area contributed by atoms with E-state index in [9.17, 15) is 9.90 Å². The minimum absolute atomic E-state index is 0.0367. The van der Waals surface area contributed by atoms with E-state index in [0.29, 0.717) is 11.3 Å². The van der Waals surface area contributed by atoms with Crippen LogP contribution < -0.4 is 4.74 Å². The number of ketones is 1. The molecule has 92 valence electrons. The molecule has 1 aliphatic rings. The predicted molar refractivity (Wildman–Crippen MR) is 68.4 cm³/mol. The molecule has 1 aromatic rings. The number of hydrogen-bond acceptors (Lipinski definition) is 3. The van der Waals surface area contributed by atoms with Crippen LogP contribution in [-0.2, 0) is 0 Å². The number of aliphatic hydroxyl groups is 1. The predicted octanol–water partition coefficient (Wildman–Crippen LogP) is 2.80. The van der Waals surface area contributed by atoms with E-state index in [1.165, 1.54) is 0 Å². The van der Waals surface area contributed by atoms with Crippen LogP contribution in [0.3, 0.4) is 0 Å². The molecule has 0 atom stereocenters. The van der Waals surface area contributed by atoms with Gasteiger partial charge in [0.2, 0.25) is 0 Å². The Morgan fingerprint density at radius 1 is 1.53 bits per heavy atom. The van der Waals surface area contributed by atoms with Crippen LogP contribution in [0.15, 0.2) is 22.7 Å². The number of benzene rings is 1. The zero-order valence-corrected chi connectivity index (χ0v) is 11.3. The zero-order chi connectivity index (χ0) is 12.5. The summed E-state index contributed by atoms with van der Waals surface area (Å²) < 4.78 is 5.89. The number of hydrogen-bond donors (Lipinski definition) is 1. The second kappa shape index (κ2) is 4.78. The summed E-state index contributed by atoms with van der Waals surface area (Å²) in [4.78, 5) is 12.3. The highest BCUT2D eigenvalue weighted by molar-refractivity contribution is 9.10. The zero-order valence-electron chi connectivity index (χ0n) is 9.70. The molecule has 0 radical (unpaired) electrons. The molecule has 0 aliphatic heterocycles. The Kier molecular flexibility index (Phi) is 3.54. The normalized spacial score (nSPS) is 17.4. The smallest absolute Gasteiger partial charge is 0.171 e. The summed E-state index contributed by atoms with van der Waals surface area (Å²) in [7, 11) is 1.59. The van der Waals surface area contributed by atoms with Crippen LogP contribution in [0, 0.1) is 5.41 Å². The van der Waals surface area contributed by atoms with Crippen molar-refractivity contribution in [1.29, 1.82) is 0 Å². The van der Waals surface area contributed by atoms with E-state index < -0.39 is 5.41 Å². The molecule has 0 heterocycles. The highest BCUT2D eigenvalue weighted by atomic mass is 79.9. The molecule has 1 aliphatic carbocycles. The summed E-state index contributed by atoms with van der Waals surface area (Å²) in [5, 5.41) is 9.38. The Bertz CT molecular complexity index is 433. The Balaban J connectivity index is 2.28. The van der Waals surface area contributed by atoms with Crippen molar-refractivity contribution >= 4 is 21.7 Å². The van der Waals surface area contributed by atoms with Crippen LogP contribution in [0.4, 0.5) is 0 Å². The van der Waals surface area contributed by atoms with Crippen LogP contribution in [0.25, 0.3) is 0 Å². The summed E-state index contributed by atoms with van der Waals surface area (Å²) in [6.07, 6.45) is 2.58. The van der Waals surface area contributed by atoms with E-state index in [2.05, 4.69) is 15.9 Å². The van der Waals surface area contributed by atoms with Gasteiger partial charge in [-0.3, -0.25) is 4.79 Å². The minimum atomic E-state index is -0.534. The molecule has 0 bridgehead atoms. The molecule has 0 spiro atoms. The van der Waals surface area contributed by atoms with E-state index in [4.69, 9.17) is 4.74 Å². The fraction of sp³-hybridized carbons (Fsp3) is 0.462. The molecule has 0 aromatic heterocycles. The first-order valence-electron chi connectivity index (χ1n) is 5.62. The monoisotopic (exact) mass is 298 g/mol. The van der Waals surface area contributed by atoms with Crippen LogP contribution in [0.5, 0.6) is 5.75 Å². The molecular weight excluding hydrogens is 284 g/mol. The average Bonchev–Trinajstić information content (AvgIpc) is 2.28. The Labute approximate surface area is 109 Å². The van der Waals surface area contributed by atoms with Crippen molar-refractivity contribution < 1.29 is 14.6 Å². The molecule has 1 aromatic carbocycles. The lowest BCUT2D eigenvalue weighted by molar-refractivity contribution is 0.0348. The van der Waals surface area contributed by atoms with Crippen molar-refractivity contribution in [2.24, 2.45) is 5.41 Å². The quantitative estimate of drug-likeness (QED) is 0.870. The van der Waals surface area contributed by atoms with Crippen molar-refractivity contribution in [2.45, 2.75) is 19.3 Å². The van der Waals surface area contributed by atoms with Gasteiger partial charge in [0, 0.05) is 5.56 Å². The molecule has 17 heavy (non-hydrogen) atoms. The molecule has 1 saturated carbocycles. The van der Waals surface area contributed by atoms with E-state index in [0.717, 1.165) is 23.7 Å². The summed E-state index contributed by atoms with van der Waals surface area (Å²) in [5.74, 6) is 0.739. The molecule has 4 heteroatoms. The molecule has 1 N–H and O–H groups in total. The number of halogens is 1. The molecule has 0 saturated heterocycles. The first-order valence-corrected chi connectivity index (χ1v) is 6.41. The maximum absolute atomic E-state index is 12.3. The topological polar surface area (TPSA) is 46.5 Å². The summed E-state index contributed by atoms with van der Waals surface area (Å²) in [6.45, 7) is -0.0600. The number of rotatable bonds is 4. The summed E-state index contributed by atoms with van der Waals surface area (Å²) >= 11 is 3.36. The van der Waals surface area contributed by atoms with E-state index >= 15 is 0 Å². The average molecular weight is 299 g/mol. The van der Waals surface area contributed by atoms with Gasteiger partial charge in [0.1, 0.15) is 5.75 Å². The van der Waals surface area contributed by atoms with E-state index in [1.54, 1.807) is 25.3 Å². The number of Topliss-reactive ketones (excluding diaryl/α,β-unsaturated/α-hetero) is 1. The van der Waals surface area contributed by atoms with Gasteiger partial charge in [-0.2, -0.15) is 0 Å². The number of carbonyl (C=O) groups excluding carboxylic acids is 1. The largest absolute Gasteiger partial charge is 0.496 e. The SMILES string of the molecule is COc1ccc(C(=O)C2(CO)CCC2)cc1Br. The lowest BCUT2D eigenvalue weighted by Crippen LogP contribution is -2.41. The van der Waals surface area contributed by atoms with Crippen molar-refractivity contribution in [1.82, 2.24) is 0 Å².